The second-order valence-electron chi connectivity index (χ2n) is 3.18. The molecule has 0 spiro atoms. The Morgan fingerprint density at radius 3 is 2.38 bits per heavy atom. The minimum absolute atomic E-state index is 0.126. The molecule has 0 saturated heterocycles. The second kappa shape index (κ2) is 4.56. The van der Waals surface area contributed by atoms with Gasteiger partial charge in [-0.1, -0.05) is 41.9 Å². The average Bonchev–Trinajstić information content (AvgIpc) is 2.17. The number of ketones is 1. The summed E-state index contributed by atoms with van der Waals surface area (Å²) in [6, 6.07) is 7.52. The SMILES string of the molecule is CCC(C)C(=O)c1ccc(Br)cc1. The number of halogens is 1. The average molecular weight is 241 g/mol. The van der Waals surface area contributed by atoms with E-state index in [1.54, 1.807) is 0 Å². The first-order valence-electron chi connectivity index (χ1n) is 4.45. The van der Waals surface area contributed by atoms with Gasteiger partial charge in [0.05, 0.1) is 0 Å². The van der Waals surface area contributed by atoms with Gasteiger partial charge in [-0.2, -0.15) is 0 Å². The van der Waals surface area contributed by atoms with Gasteiger partial charge in [-0.3, -0.25) is 4.79 Å². The van der Waals surface area contributed by atoms with Crippen LogP contribution in [0.15, 0.2) is 28.7 Å². The van der Waals surface area contributed by atoms with Crippen LogP contribution < -0.4 is 0 Å². The van der Waals surface area contributed by atoms with Crippen molar-refractivity contribution >= 4 is 21.7 Å². The molecule has 1 nitrogen and oxygen atoms in total. The van der Waals surface area contributed by atoms with Gasteiger partial charge in [0.15, 0.2) is 5.78 Å². The van der Waals surface area contributed by atoms with E-state index in [0.29, 0.717) is 0 Å². The normalized spacial score (nSPS) is 12.5. The molecule has 1 aromatic carbocycles. The third-order valence-electron chi connectivity index (χ3n) is 2.19. The summed E-state index contributed by atoms with van der Waals surface area (Å²) in [5.74, 6) is 0.358. The Balaban J connectivity index is 2.83. The van der Waals surface area contributed by atoms with E-state index in [9.17, 15) is 4.79 Å². The van der Waals surface area contributed by atoms with Crippen LogP contribution in [0.4, 0.5) is 0 Å². The highest BCUT2D eigenvalue weighted by Crippen LogP contribution is 2.15. The van der Waals surface area contributed by atoms with E-state index in [4.69, 9.17) is 0 Å². The molecule has 1 rings (SSSR count). The van der Waals surface area contributed by atoms with Gasteiger partial charge in [-0.15, -0.1) is 0 Å². The van der Waals surface area contributed by atoms with Crippen molar-refractivity contribution in [1.82, 2.24) is 0 Å². The standard InChI is InChI=1S/C11H13BrO/c1-3-8(2)11(13)9-4-6-10(12)7-5-9/h4-8H,3H2,1-2H3. The maximum absolute atomic E-state index is 11.7. The summed E-state index contributed by atoms with van der Waals surface area (Å²) in [6.07, 6.45) is 0.898. The zero-order valence-corrected chi connectivity index (χ0v) is 9.47. The molecule has 0 bridgehead atoms. The summed E-state index contributed by atoms with van der Waals surface area (Å²) >= 11 is 3.34. The van der Waals surface area contributed by atoms with Crippen molar-refractivity contribution < 1.29 is 4.79 Å². The number of carbonyl (C=O) groups excluding carboxylic acids is 1. The summed E-state index contributed by atoms with van der Waals surface area (Å²) in [5, 5.41) is 0. The zero-order valence-electron chi connectivity index (χ0n) is 7.88. The fourth-order valence-corrected chi connectivity index (χ4v) is 1.35. The fourth-order valence-electron chi connectivity index (χ4n) is 1.08. The Labute approximate surface area is 87.3 Å². The van der Waals surface area contributed by atoms with Crippen molar-refractivity contribution in [2.75, 3.05) is 0 Å². The largest absolute Gasteiger partial charge is 0.294 e. The van der Waals surface area contributed by atoms with Crippen molar-refractivity contribution in [1.29, 1.82) is 0 Å². The van der Waals surface area contributed by atoms with Gasteiger partial charge in [0.2, 0.25) is 0 Å². The quantitative estimate of drug-likeness (QED) is 0.738. The molecule has 70 valence electrons. The van der Waals surface area contributed by atoms with Crippen molar-refractivity contribution in [3.63, 3.8) is 0 Å². The van der Waals surface area contributed by atoms with Crippen LogP contribution in [0.5, 0.6) is 0 Å². The van der Waals surface area contributed by atoms with E-state index in [-0.39, 0.29) is 11.7 Å². The van der Waals surface area contributed by atoms with Crippen LogP contribution in [0.25, 0.3) is 0 Å². The predicted molar refractivity (Wildman–Crippen MR) is 57.9 cm³/mol. The molecule has 0 aliphatic carbocycles. The van der Waals surface area contributed by atoms with Crippen molar-refractivity contribution in [3.05, 3.63) is 34.3 Å². The molecule has 0 aliphatic heterocycles. The molecule has 1 atom stereocenters. The summed E-state index contributed by atoms with van der Waals surface area (Å²) in [4.78, 5) is 11.7. The van der Waals surface area contributed by atoms with Crippen LogP contribution in [0, 0.1) is 5.92 Å². The van der Waals surface area contributed by atoms with E-state index in [2.05, 4.69) is 15.9 Å². The minimum Gasteiger partial charge on any atom is -0.294 e. The Hall–Kier alpha value is -0.630. The van der Waals surface area contributed by atoms with Crippen molar-refractivity contribution in [2.24, 2.45) is 5.92 Å². The Bertz CT molecular complexity index is 289. The molecule has 0 aliphatic rings. The third kappa shape index (κ3) is 2.66. The number of hydrogen-bond acceptors (Lipinski definition) is 1. The van der Waals surface area contributed by atoms with E-state index in [1.165, 1.54) is 0 Å². The van der Waals surface area contributed by atoms with Gasteiger partial charge in [-0.05, 0) is 18.6 Å². The van der Waals surface area contributed by atoms with Crippen LogP contribution in [0.3, 0.4) is 0 Å². The lowest BCUT2D eigenvalue weighted by atomic mass is 9.97. The Kier molecular flexibility index (Phi) is 3.67. The smallest absolute Gasteiger partial charge is 0.165 e. The molecule has 0 aromatic heterocycles. The molecule has 0 radical (unpaired) electrons. The molecule has 2 heteroatoms. The van der Waals surface area contributed by atoms with E-state index >= 15 is 0 Å². The number of Topliss-reactive ketones (excluding diaryl/α,β-unsaturated/α-hetero) is 1. The Morgan fingerprint density at radius 1 is 1.38 bits per heavy atom. The van der Waals surface area contributed by atoms with Crippen molar-refractivity contribution in [3.8, 4) is 0 Å². The molecule has 13 heavy (non-hydrogen) atoms. The fraction of sp³-hybridized carbons (Fsp3) is 0.364. The summed E-state index contributed by atoms with van der Waals surface area (Å²) in [7, 11) is 0. The van der Waals surface area contributed by atoms with Crippen LogP contribution in [-0.2, 0) is 0 Å². The summed E-state index contributed by atoms with van der Waals surface area (Å²) in [6.45, 7) is 3.99. The molecular weight excluding hydrogens is 228 g/mol. The van der Waals surface area contributed by atoms with Gasteiger partial charge < -0.3 is 0 Å². The molecular formula is C11H13BrO. The van der Waals surface area contributed by atoms with Crippen molar-refractivity contribution in [2.45, 2.75) is 20.3 Å². The summed E-state index contributed by atoms with van der Waals surface area (Å²) in [5.41, 5.74) is 0.803. The molecule has 0 saturated carbocycles. The predicted octanol–water partition coefficient (Wildman–Crippen LogP) is 3.68. The van der Waals surface area contributed by atoms with Crippen LogP contribution >= 0.6 is 15.9 Å². The highest BCUT2D eigenvalue weighted by atomic mass is 79.9. The van der Waals surface area contributed by atoms with Gasteiger partial charge in [-0.25, -0.2) is 0 Å². The maximum atomic E-state index is 11.7. The lowest BCUT2D eigenvalue weighted by molar-refractivity contribution is 0.0927. The van der Waals surface area contributed by atoms with Crippen LogP contribution in [0.1, 0.15) is 30.6 Å². The zero-order chi connectivity index (χ0) is 9.84. The maximum Gasteiger partial charge on any atom is 0.165 e. The molecule has 0 N–H and O–H groups in total. The topological polar surface area (TPSA) is 17.1 Å². The summed E-state index contributed by atoms with van der Waals surface area (Å²) < 4.78 is 1.01. The van der Waals surface area contributed by atoms with Gasteiger partial charge in [0, 0.05) is 16.0 Å². The molecule has 0 fully saturated rings. The first-order valence-corrected chi connectivity index (χ1v) is 5.24. The number of rotatable bonds is 3. The minimum atomic E-state index is 0.126. The Morgan fingerprint density at radius 2 is 1.92 bits per heavy atom. The number of benzene rings is 1. The molecule has 1 aromatic rings. The highest BCUT2D eigenvalue weighted by molar-refractivity contribution is 9.10. The molecule has 0 heterocycles. The van der Waals surface area contributed by atoms with E-state index < -0.39 is 0 Å². The first-order chi connectivity index (χ1) is 6.15. The number of hydrogen-bond donors (Lipinski definition) is 0. The van der Waals surface area contributed by atoms with E-state index in [0.717, 1.165) is 16.5 Å². The van der Waals surface area contributed by atoms with Gasteiger partial charge in [0.1, 0.15) is 0 Å². The highest BCUT2D eigenvalue weighted by Gasteiger charge is 2.12. The first kappa shape index (κ1) is 10.5. The van der Waals surface area contributed by atoms with Crippen LogP contribution in [0.2, 0.25) is 0 Å². The molecule has 0 amide bonds. The lowest BCUT2D eigenvalue weighted by Gasteiger charge is -2.06. The van der Waals surface area contributed by atoms with Gasteiger partial charge >= 0.3 is 0 Å². The second-order valence-corrected chi connectivity index (χ2v) is 4.10. The monoisotopic (exact) mass is 240 g/mol. The third-order valence-corrected chi connectivity index (χ3v) is 2.72. The molecule has 1 unspecified atom stereocenters. The number of carbonyl (C=O) groups is 1. The van der Waals surface area contributed by atoms with Gasteiger partial charge in [0.25, 0.3) is 0 Å². The lowest BCUT2D eigenvalue weighted by Crippen LogP contribution is -2.09. The van der Waals surface area contributed by atoms with E-state index in [1.807, 2.05) is 38.1 Å². The van der Waals surface area contributed by atoms with Crippen LogP contribution in [-0.4, -0.2) is 5.78 Å².